The number of thioether (sulfide) groups is 2. The number of rotatable bonds is 4. The summed E-state index contributed by atoms with van der Waals surface area (Å²) in [6.45, 7) is 2.81. The second-order valence-electron chi connectivity index (χ2n) is 5.82. The highest BCUT2D eigenvalue weighted by Crippen LogP contribution is 2.45. The molecule has 0 atom stereocenters. The van der Waals surface area contributed by atoms with E-state index >= 15 is 0 Å². The molecule has 4 rings (SSSR count). The maximum Gasteiger partial charge on any atom is 0.257 e. The lowest BCUT2D eigenvalue weighted by atomic mass is 10.1. The minimum atomic E-state index is -0.122. The summed E-state index contributed by atoms with van der Waals surface area (Å²) in [4.78, 5) is 17.2. The van der Waals surface area contributed by atoms with E-state index in [1.54, 1.807) is 0 Å². The first-order chi connectivity index (χ1) is 12.3. The number of para-hydroxylation sites is 2. The number of aromatic nitrogens is 2. The monoisotopic (exact) mass is 369 g/mol. The molecule has 0 aliphatic carbocycles. The standard InChI is InChI=1S/C19H19N3OS2/c1-2-22-16-6-4-3-5-15(16)20-19(22)21-17(23)13-7-9-14(10-8-13)18-24-11-12-25-18/h3-10,18H,2,11-12H2,1H3,(H,20,21,23). The fourth-order valence-electron chi connectivity index (χ4n) is 3.01. The van der Waals surface area contributed by atoms with Crippen molar-refractivity contribution in [1.82, 2.24) is 9.55 Å². The highest BCUT2D eigenvalue weighted by molar-refractivity contribution is 8.19. The minimum absolute atomic E-state index is 0.122. The van der Waals surface area contributed by atoms with Gasteiger partial charge in [0.05, 0.1) is 15.6 Å². The van der Waals surface area contributed by atoms with Crippen LogP contribution in [0.15, 0.2) is 48.5 Å². The maximum atomic E-state index is 12.6. The lowest BCUT2D eigenvalue weighted by molar-refractivity contribution is 0.102. The number of nitrogens with one attached hydrogen (secondary N) is 1. The van der Waals surface area contributed by atoms with Crippen LogP contribution in [-0.2, 0) is 6.54 Å². The van der Waals surface area contributed by atoms with Crippen LogP contribution >= 0.6 is 23.5 Å². The van der Waals surface area contributed by atoms with Gasteiger partial charge in [0.1, 0.15) is 0 Å². The fourth-order valence-corrected chi connectivity index (χ4v) is 5.87. The van der Waals surface area contributed by atoms with E-state index in [0.717, 1.165) is 17.6 Å². The first kappa shape index (κ1) is 16.5. The van der Waals surface area contributed by atoms with Crippen LogP contribution < -0.4 is 5.32 Å². The van der Waals surface area contributed by atoms with Gasteiger partial charge in [-0.15, -0.1) is 23.5 Å². The first-order valence-corrected chi connectivity index (χ1v) is 10.5. The van der Waals surface area contributed by atoms with Crippen LogP contribution in [0.4, 0.5) is 5.95 Å². The average Bonchev–Trinajstić information content (AvgIpc) is 3.29. The molecule has 0 unspecified atom stereocenters. The number of amides is 1. The summed E-state index contributed by atoms with van der Waals surface area (Å²) < 4.78 is 2.52. The number of anilines is 1. The normalized spacial score (nSPS) is 14.9. The lowest BCUT2D eigenvalue weighted by Crippen LogP contribution is -2.15. The highest BCUT2D eigenvalue weighted by atomic mass is 32.2. The number of carbonyl (C=O) groups is 1. The van der Waals surface area contributed by atoms with Crippen LogP contribution in [0.5, 0.6) is 0 Å². The SMILES string of the molecule is CCn1c(NC(=O)c2ccc(C3SCCS3)cc2)nc2ccccc21. The summed E-state index contributed by atoms with van der Waals surface area (Å²) in [5.74, 6) is 2.87. The van der Waals surface area contributed by atoms with E-state index in [4.69, 9.17) is 0 Å². The van der Waals surface area contributed by atoms with Gasteiger partial charge in [-0.05, 0) is 36.8 Å². The van der Waals surface area contributed by atoms with Crippen LogP contribution in [0.1, 0.15) is 27.4 Å². The lowest BCUT2D eigenvalue weighted by Gasteiger charge is -2.10. The molecule has 6 heteroatoms. The van der Waals surface area contributed by atoms with Crippen molar-refractivity contribution in [2.24, 2.45) is 0 Å². The van der Waals surface area contributed by atoms with Gasteiger partial charge < -0.3 is 4.57 Å². The van der Waals surface area contributed by atoms with Gasteiger partial charge in [0.15, 0.2) is 0 Å². The Hall–Kier alpha value is -1.92. The van der Waals surface area contributed by atoms with Crippen molar-refractivity contribution in [3.05, 3.63) is 59.7 Å². The molecular formula is C19H19N3OS2. The summed E-state index contributed by atoms with van der Waals surface area (Å²) in [6.07, 6.45) is 0. The summed E-state index contributed by atoms with van der Waals surface area (Å²) in [5, 5.41) is 2.96. The van der Waals surface area contributed by atoms with Crippen molar-refractivity contribution < 1.29 is 4.79 Å². The van der Waals surface area contributed by atoms with Crippen molar-refractivity contribution in [3.8, 4) is 0 Å². The van der Waals surface area contributed by atoms with Crippen molar-refractivity contribution >= 4 is 46.4 Å². The molecule has 1 aliphatic heterocycles. The third kappa shape index (κ3) is 3.28. The topological polar surface area (TPSA) is 46.9 Å². The van der Waals surface area contributed by atoms with E-state index in [9.17, 15) is 4.79 Å². The maximum absolute atomic E-state index is 12.6. The largest absolute Gasteiger partial charge is 0.310 e. The second-order valence-corrected chi connectivity index (χ2v) is 8.54. The number of carbonyl (C=O) groups excluding carboxylic acids is 1. The van der Waals surface area contributed by atoms with Crippen molar-refractivity contribution in [1.29, 1.82) is 0 Å². The Labute approximate surface area is 155 Å². The van der Waals surface area contributed by atoms with Gasteiger partial charge in [-0.1, -0.05) is 24.3 Å². The molecule has 2 heterocycles. The van der Waals surface area contributed by atoms with Crippen molar-refractivity contribution in [3.63, 3.8) is 0 Å². The first-order valence-electron chi connectivity index (χ1n) is 8.36. The molecule has 0 saturated carbocycles. The molecule has 1 aliphatic rings. The fraction of sp³-hybridized carbons (Fsp3) is 0.263. The number of aryl methyl sites for hydroxylation is 1. The van der Waals surface area contributed by atoms with Gasteiger partial charge in [0, 0.05) is 23.6 Å². The third-order valence-corrected chi connectivity index (χ3v) is 7.37. The summed E-state index contributed by atoms with van der Waals surface area (Å²) in [6, 6.07) is 15.9. The molecule has 4 nitrogen and oxygen atoms in total. The van der Waals surface area contributed by atoms with E-state index in [-0.39, 0.29) is 5.91 Å². The van der Waals surface area contributed by atoms with Crippen LogP contribution in [-0.4, -0.2) is 27.0 Å². The Balaban J connectivity index is 1.55. The molecule has 1 fully saturated rings. The van der Waals surface area contributed by atoms with Gasteiger partial charge in [-0.25, -0.2) is 4.98 Å². The quantitative estimate of drug-likeness (QED) is 0.718. The molecule has 1 amide bonds. The zero-order chi connectivity index (χ0) is 17.2. The molecule has 1 saturated heterocycles. The Morgan fingerprint density at radius 3 is 2.60 bits per heavy atom. The summed E-state index contributed by atoms with van der Waals surface area (Å²) in [7, 11) is 0. The smallest absolute Gasteiger partial charge is 0.257 e. The van der Waals surface area contributed by atoms with E-state index in [1.807, 2.05) is 64.5 Å². The molecule has 1 N–H and O–H groups in total. The van der Waals surface area contributed by atoms with E-state index < -0.39 is 0 Å². The third-order valence-electron chi connectivity index (χ3n) is 4.26. The van der Waals surface area contributed by atoms with Gasteiger partial charge in [0.25, 0.3) is 5.91 Å². The van der Waals surface area contributed by atoms with Crippen LogP contribution in [0.3, 0.4) is 0 Å². The van der Waals surface area contributed by atoms with Crippen LogP contribution in [0.2, 0.25) is 0 Å². The molecule has 25 heavy (non-hydrogen) atoms. The zero-order valence-electron chi connectivity index (χ0n) is 13.9. The van der Waals surface area contributed by atoms with Gasteiger partial charge in [0.2, 0.25) is 5.95 Å². The summed E-state index contributed by atoms with van der Waals surface area (Å²) >= 11 is 3.94. The molecular weight excluding hydrogens is 350 g/mol. The Bertz CT molecular complexity index is 899. The Morgan fingerprint density at radius 2 is 1.88 bits per heavy atom. The van der Waals surface area contributed by atoms with E-state index in [2.05, 4.69) is 29.4 Å². The molecule has 1 aromatic heterocycles. The van der Waals surface area contributed by atoms with Crippen molar-refractivity contribution in [2.45, 2.75) is 18.1 Å². The molecule has 0 spiro atoms. The van der Waals surface area contributed by atoms with Gasteiger partial charge in [-0.3, -0.25) is 10.1 Å². The number of imidazole rings is 1. The summed E-state index contributed by atoms with van der Waals surface area (Å²) in [5.41, 5.74) is 3.87. The zero-order valence-corrected chi connectivity index (χ0v) is 15.6. The van der Waals surface area contributed by atoms with Crippen LogP contribution in [0.25, 0.3) is 11.0 Å². The Morgan fingerprint density at radius 1 is 1.16 bits per heavy atom. The molecule has 0 bridgehead atoms. The van der Waals surface area contributed by atoms with Crippen molar-refractivity contribution in [2.75, 3.05) is 16.8 Å². The number of fused-ring (bicyclic) bond motifs is 1. The predicted molar refractivity (Wildman–Crippen MR) is 107 cm³/mol. The molecule has 0 radical (unpaired) electrons. The highest BCUT2D eigenvalue weighted by Gasteiger charge is 2.19. The Kier molecular flexibility index (Phi) is 4.72. The second kappa shape index (κ2) is 7.14. The van der Waals surface area contributed by atoms with Gasteiger partial charge in [-0.2, -0.15) is 0 Å². The number of hydrogen-bond acceptors (Lipinski definition) is 4. The molecule has 2 aromatic carbocycles. The number of hydrogen-bond donors (Lipinski definition) is 1. The predicted octanol–water partition coefficient (Wildman–Crippen LogP) is 4.79. The average molecular weight is 370 g/mol. The van der Waals surface area contributed by atoms with E-state index in [0.29, 0.717) is 16.1 Å². The molecule has 128 valence electrons. The number of benzene rings is 2. The van der Waals surface area contributed by atoms with Gasteiger partial charge >= 0.3 is 0 Å². The number of nitrogens with zero attached hydrogens (tertiary/aromatic N) is 2. The van der Waals surface area contributed by atoms with E-state index in [1.165, 1.54) is 17.1 Å². The minimum Gasteiger partial charge on any atom is -0.310 e. The van der Waals surface area contributed by atoms with Crippen LogP contribution in [0, 0.1) is 0 Å². The molecule has 3 aromatic rings.